The average molecular weight is 400 g/mol. The topological polar surface area (TPSA) is 98.1 Å². The number of nitrogens with one attached hydrogen (secondary N) is 2. The van der Waals surface area contributed by atoms with Gasteiger partial charge in [-0.3, -0.25) is 9.59 Å². The van der Waals surface area contributed by atoms with Gasteiger partial charge in [-0.05, 0) is 43.3 Å². The molecular formula is C19H18ClN5O3. The molecule has 2 amide bonds. The third kappa shape index (κ3) is 4.86. The zero-order chi connectivity index (χ0) is 19.9. The minimum absolute atomic E-state index is 0.0648. The second-order valence-electron chi connectivity index (χ2n) is 5.72. The highest BCUT2D eigenvalue weighted by atomic mass is 35.5. The molecule has 2 aromatic carbocycles. The minimum Gasteiger partial charge on any atom is -0.484 e. The molecule has 0 aliphatic heterocycles. The van der Waals surface area contributed by atoms with Crippen LogP contribution in [-0.4, -0.2) is 40.0 Å². The second kappa shape index (κ2) is 9.01. The van der Waals surface area contributed by atoms with Crippen LogP contribution in [0.25, 0.3) is 5.69 Å². The molecule has 0 radical (unpaired) electrons. The first kappa shape index (κ1) is 19.4. The number of carbonyl (C=O) groups excluding carboxylic acids is 2. The highest BCUT2D eigenvalue weighted by Crippen LogP contribution is 2.19. The average Bonchev–Trinajstić information content (AvgIpc) is 3.18. The van der Waals surface area contributed by atoms with Crippen LogP contribution in [0.15, 0.2) is 54.7 Å². The quantitative estimate of drug-likeness (QED) is 0.636. The lowest BCUT2D eigenvalue weighted by Gasteiger charge is -2.07. The second-order valence-corrected chi connectivity index (χ2v) is 6.13. The van der Waals surface area contributed by atoms with Crippen molar-refractivity contribution in [3.05, 3.63) is 65.4 Å². The third-order valence-electron chi connectivity index (χ3n) is 3.68. The van der Waals surface area contributed by atoms with E-state index in [2.05, 4.69) is 20.9 Å². The minimum atomic E-state index is -0.408. The van der Waals surface area contributed by atoms with Crippen molar-refractivity contribution < 1.29 is 14.3 Å². The fraction of sp³-hybridized carbons (Fsp3) is 0.158. The van der Waals surface area contributed by atoms with E-state index >= 15 is 0 Å². The van der Waals surface area contributed by atoms with Crippen LogP contribution in [0, 0.1) is 0 Å². The monoisotopic (exact) mass is 399 g/mol. The molecule has 0 saturated heterocycles. The predicted molar refractivity (Wildman–Crippen MR) is 105 cm³/mol. The summed E-state index contributed by atoms with van der Waals surface area (Å²) < 4.78 is 6.81. The van der Waals surface area contributed by atoms with Crippen LogP contribution in [0.5, 0.6) is 5.75 Å². The molecule has 0 aliphatic carbocycles. The van der Waals surface area contributed by atoms with Crippen molar-refractivity contribution in [1.82, 2.24) is 20.3 Å². The zero-order valence-electron chi connectivity index (χ0n) is 15.1. The lowest BCUT2D eigenvalue weighted by molar-refractivity contribution is -0.122. The molecule has 9 heteroatoms. The summed E-state index contributed by atoms with van der Waals surface area (Å²) in [6.07, 6.45) is 1.50. The lowest BCUT2D eigenvalue weighted by Crippen LogP contribution is -2.28. The Kier molecular flexibility index (Phi) is 6.23. The number of anilines is 1. The molecule has 3 rings (SSSR count). The van der Waals surface area contributed by atoms with Crippen LogP contribution in [0.1, 0.15) is 17.4 Å². The Morgan fingerprint density at radius 1 is 1.14 bits per heavy atom. The van der Waals surface area contributed by atoms with Gasteiger partial charge in [0.25, 0.3) is 11.8 Å². The number of aromatic nitrogens is 3. The van der Waals surface area contributed by atoms with Gasteiger partial charge in [0.1, 0.15) is 5.75 Å². The Labute approximate surface area is 166 Å². The molecule has 0 saturated carbocycles. The Morgan fingerprint density at radius 3 is 2.61 bits per heavy atom. The van der Waals surface area contributed by atoms with E-state index in [4.69, 9.17) is 16.3 Å². The lowest BCUT2D eigenvalue weighted by atomic mass is 10.3. The van der Waals surface area contributed by atoms with E-state index in [1.165, 1.54) is 10.9 Å². The SMILES string of the molecule is CCNC(=O)COc1ccc(NC(=O)c2cn(-c3ccccc3Cl)nn2)cc1. The van der Waals surface area contributed by atoms with Gasteiger partial charge in [0.15, 0.2) is 12.3 Å². The van der Waals surface area contributed by atoms with Gasteiger partial charge in [0.2, 0.25) is 0 Å². The molecule has 8 nitrogen and oxygen atoms in total. The van der Waals surface area contributed by atoms with Crippen LogP contribution >= 0.6 is 11.6 Å². The number of benzene rings is 2. The number of carbonyl (C=O) groups is 2. The molecule has 144 valence electrons. The molecule has 0 spiro atoms. The van der Waals surface area contributed by atoms with Crippen molar-refractivity contribution >= 4 is 29.1 Å². The fourth-order valence-electron chi connectivity index (χ4n) is 2.35. The maximum atomic E-state index is 12.4. The van der Waals surface area contributed by atoms with Crippen molar-refractivity contribution in [2.45, 2.75) is 6.92 Å². The Morgan fingerprint density at radius 2 is 1.89 bits per heavy atom. The Balaban J connectivity index is 1.61. The van der Waals surface area contributed by atoms with Gasteiger partial charge in [-0.1, -0.05) is 28.9 Å². The summed E-state index contributed by atoms with van der Waals surface area (Å²) >= 11 is 6.13. The third-order valence-corrected chi connectivity index (χ3v) is 4.00. The number of nitrogens with zero attached hydrogens (tertiary/aromatic N) is 3. The number of amides is 2. The van der Waals surface area contributed by atoms with Crippen LogP contribution < -0.4 is 15.4 Å². The summed E-state index contributed by atoms with van der Waals surface area (Å²) in [6, 6.07) is 13.8. The summed E-state index contributed by atoms with van der Waals surface area (Å²) in [5.41, 5.74) is 1.34. The van der Waals surface area contributed by atoms with Gasteiger partial charge in [0.05, 0.1) is 16.9 Å². The molecular weight excluding hydrogens is 382 g/mol. The van der Waals surface area contributed by atoms with Crippen LogP contribution in [0.2, 0.25) is 5.02 Å². The largest absolute Gasteiger partial charge is 0.484 e. The summed E-state index contributed by atoms with van der Waals surface area (Å²) in [4.78, 5) is 23.8. The van der Waals surface area contributed by atoms with E-state index in [-0.39, 0.29) is 18.2 Å². The Bertz CT molecular complexity index is 972. The first-order valence-corrected chi connectivity index (χ1v) is 8.93. The normalized spacial score (nSPS) is 10.4. The van der Waals surface area contributed by atoms with Crippen LogP contribution in [0.3, 0.4) is 0 Å². The van der Waals surface area contributed by atoms with Gasteiger partial charge in [-0.15, -0.1) is 5.10 Å². The first-order chi connectivity index (χ1) is 13.6. The van der Waals surface area contributed by atoms with Crippen LogP contribution in [-0.2, 0) is 4.79 Å². The fourth-order valence-corrected chi connectivity index (χ4v) is 2.57. The molecule has 3 aromatic rings. The molecule has 1 heterocycles. The van der Waals surface area contributed by atoms with E-state index < -0.39 is 5.91 Å². The number of hydrogen-bond acceptors (Lipinski definition) is 5. The Hall–Kier alpha value is -3.39. The summed E-state index contributed by atoms with van der Waals surface area (Å²) in [6.45, 7) is 2.32. The van der Waals surface area contributed by atoms with Crippen molar-refractivity contribution in [1.29, 1.82) is 0 Å². The van der Waals surface area contributed by atoms with E-state index in [9.17, 15) is 9.59 Å². The smallest absolute Gasteiger partial charge is 0.277 e. The van der Waals surface area contributed by atoms with E-state index in [1.54, 1.807) is 42.5 Å². The molecule has 0 fully saturated rings. The van der Waals surface area contributed by atoms with Crippen molar-refractivity contribution in [2.24, 2.45) is 0 Å². The van der Waals surface area contributed by atoms with Gasteiger partial charge in [-0.2, -0.15) is 0 Å². The van der Waals surface area contributed by atoms with E-state index in [1.807, 2.05) is 13.0 Å². The van der Waals surface area contributed by atoms with E-state index in [0.29, 0.717) is 28.7 Å². The van der Waals surface area contributed by atoms with Gasteiger partial charge in [0, 0.05) is 12.2 Å². The number of rotatable bonds is 7. The van der Waals surface area contributed by atoms with E-state index in [0.717, 1.165) is 0 Å². The maximum absolute atomic E-state index is 12.4. The number of para-hydroxylation sites is 1. The standard InChI is InChI=1S/C19H18ClN5O3/c1-2-21-18(26)12-28-14-9-7-13(8-10-14)22-19(27)16-11-25(24-23-16)17-6-4-3-5-15(17)20/h3-11H,2,12H2,1H3,(H,21,26)(H,22,27). The van der Waals surface area contributed by atoms with Gasteiger partial charge >= 0.3 is 0 Å². The molecule has 1 aromatic heterocycles. The zero-order valence-corrected chi connectivity index (χ0v) is 15.8. The molecule has 0 atom stereocenters. The summed E-state index contributed by atoms with van der Waals surface area (Å²) in [7, 11) is 0. The molecule has 0 bridgehead atoms. The highest BCUT2D eigenvalue weighted by Gasteiger charge is 2.13. The molecule has 28 heavy (non-hydrogen) atoms. The van der Waals surface area contributed by atoms with Gasteiger partial charge < -0.3 is 15.4 Å². The van der Waals surface area contributed by atoms with Crippen molar-refractivity contribution in [2.75, 3.05) is 18.5 Å². The summed E-state index contributed by atoms with van der Waals surface area (Å²) in [5, 5.41) is 13.7. The number of halogens is 1. The summed E-state index contributed by atoms with van der Waals surface area (Å²) in [5.74, 6) is -0.0790. The number of likely N-dealkylation sites (N-methyl/N-ethyl adjacent to an activating group) is 1. The predicted octanol–water partition coefficient (Wildman–Crippen LogP) is 2.69. The van der Waals surface area contributed by atoms with Gasteiger partial charge in [-0.25, -0.2) is 4.68 Å². The number of hydrogen-bond donors (Lipinski definition) is 2. The molecule has 0 unspecified atom stereocenters. The van der Waals surface area contributed by atoms with Crippen LogP contribution in [0.4, 0.5) is 5.69 Å². The molecule has 2 N–H and O–H groups in total. The van der Waals surface area contributed by atoms with Crippen molar-refractivity contribution in [3.8, 4) is 11.4 Å². The number of ether oxygens (including phenoxy) is 1. The molecule has 0 aliphatic rings. The first-order valence-electron chi connectivity index (χ1n) is 8.55. The highest BCUT2D eigenvalue weighted by molar-refractivity contribution is 6.32. The van der Waals surface area contributed by atoms with Crippen molar-refractivity contribution in [3.63, 3.8) is 0 Å². The maximum Gasteiger partial charge on any atom is 0.277 e.